The van der Waals surface area contributed by atoms with E-state index in [9.17, 15) is 8.42 Å². The second kappa shape index (κ2) is 7.13. The van der Waals surface area contributed by atoms with Crippen molar-refractivity contribution in [3.63, 3.8) is 0 Å². The quantitative estimate of drug-likeness (QED) is 0.816. The molecule has 21 heavy (non-hydrogen) atoms. The Morgan fingerprint density at radius 3 is 2.76 bits per heavy atom. The first kappa shape index (κ1) is 16.1. The van der Waals surface area contributed by atoms with Gasteiger partial charge in [-0.3, -0.25) is 4.98 Å². The van der Waals surface area contributed by atoms with Crippen LogP contribution in [0.4, 0.5) is 0 Å². The fourth-order valence-corrected chi connectivity index (χ4v) is 4.36. The van der Waals surface area contributed by atoms with Crippen LogP contribution in [0.25, 0.3) is 0 Å². The third kappa shape index (κ3) is 4.10. The molecule has 0 atom stereocenters. The largest absolute Gasteiger partial charge is 0.315 e. The van der Waals surface area contributed by atoms with Gasteiger partial charge in [0, 0.05) is 17.6 Å². The van der Waals surface area contributed by atoms with Gasteiger partial charge in [-0.15, -0.1) is 11.3 Å². The first-order valence-electron chi connectivity index (χ1n) is 6.72. The van der Waals surface area contributed by atoms with Gasteiger partial charge in [-0.2, -0.15) is 0 Å². The van der Waals surface area contributed by atoms with Crippen LogP contribution in [0.3, 0.4) is 0 Å². The molecule has 0 saturated heterocycles. The summed E-state index contributed by atoms with van der Waals surface area (Å²) in [6.07, 6.45) is 2.51. The molecule has 114 valence electrons. The van der Waals surface area contributed by atoms with Crippen molar-refractivity contribution < 1.29 is 8.42 Å². The summed E-state index contributed by atoms with van der Waals surface area (Å²) in [5.74, 6) is 0. The molecule has 0 saturated carbocycles. The topological polar surface area (TPSA) is 71.1 Å². The Bertz CT molecular complexity index is 696. The molecule has 2 heterocycles. The van der Waals surface area contributed by atoms with Gasteiger partial charge in [0.1, 0.15) is 4.21 Å². The Morgan fingerprint density at radius 1 is 1.24 bits per heavy atom. The lowest BCUT2D eigenvalue weighted by molar-refractivity contribution is 0.582. The van der Waals surface area contributed by atoms with E-state index in [0.717, 1.165) is 22.6 Å². The monoisotopic (exact) mass is 325 g/mol. The Labute approximate surface area is 129 Å². The minimum Gasteiger partial charge on any atom is -0.315 e. The first-order valence-corrected chi connectivity index (χ1v) is 9.02. The molecule has 2 rings (SSSR count). The second-order valence-electron chi connectivity index (χ2n) is 4.54. The van der Waals surface area contributed by atoms with E-state index in [1.165, 1.54) is 11.3 Å². The van der Waals surface area contributed by atoms with Crippen molar-refractivity contribution in [2.75, 3.05) is 7.05 Å². The molecule has 5 nitrogen and oxygen atoms in total. The summed E-state index contributed by atoms with van der Waals surface area (Å²) in [5.41, 5.74) is 1.83. The number of aryl methyl sites for hydroxylation is 1. The highest BCUT2D eigenvalue weighted by Gasteiger charge is 2.17. The van der Waals surface area contributed by atoms with E-state index in [1.54, 1.807) is 12.3 Å². The Balaban J connectivity index is 2.10. The predicted molar refractivity (Wildman–Crippen MR) is 84.7 cm³/mol. The van der Waals surface area contributed by atoms with Crippen LogP contribution in [0.1, 0.15) is 23.1 Å². The van der Waals surface area contributed by atoms with Crippen LogP contribution in [0.15, 0.2) is 34.7 Å². The van der Waals surface area contributed by atoms with Crippen molar-refractivity contribution in [3.05, 3.63) is 46.6 Å². The van der Waals surface area contributed by atoms with Crippen molar-refractivity contribution >= 4 is 21.4 Å². The van der Waals surface area contributed by atoms with Crippen molar-refractivity contribution in [1.82, 2.24) is 15.0 Å². The average Bonchev–Trinajstić information content (AvgIpc) is 2.95. The lowest BCUT2D eigenvalue weighted by Crippen LogP contribution is -2.23. The molecule has 0 radical (unpaired) electrons. The van der Waals surface area contributed by atoms with E-state index in [0.29, 0.717) is 10.8 Å². The summed E-state index contributed by atoms with van der Waals surface area (Å²) in [6.45, 7) is 2.91. The summed E-state index contributed by atoms with van der Waals surface area (Å²) in [4.78, 5) is 5.24. The SMILES string of the molecule is CCc1cccnc1CNS(=O)(=O)c1ccc(CNC)s1. The van der Waals surface area contributed by atoms with Crippen LogP contribution in [-0.4, -0.2) is 20.4 Å². The molecule has 0 spiro atoms. The van der Waals surface area contributed by atoms with E-state index in [1.807, 2.05) is 32.2 Å². The van der Waals surface area contributed by atoms with Crippen LogP contribution < -0.4 is 10.0 Å². The zero-order valence-electron chi connectivity index (χ0n) is 12.1. The highest BCUT2D eigenvalue weighted by atomic mass is 32.2. The van der Waals surface area contributed by atoms with Gasteiger partial charge < -0.3 is 5.32 Å². The summed E-state index contributed by atoms with van der Waals surface area (Å²) in [7, 11) is -1.65. The molecule has 0 unspecified atom stereocenters. The molecular weight excluding hydrogens is 306 g/mol. The molecule has 0 aliphatic heterocycles. The van der Waals surface area contributed by atoms with E-state index in [4.69, 9.17) is 0 Å². The number of pyridine rings is 1. The lowest BCUT2D eigenvalue weighted by Gasteiger charge is -2.08. The van der Waals surface area contributed by atoms with E-state index in [-0.39, 0.29) is 6.54 Å². The summed E-state index contributed by atoms with van der Waals surface area (Å²) in [6, 6.07) is 7.29. The van der Waals surface area contributed by atoms with Crippen LogP contribution in [-0.2, 0) is 29.5 Å². The fourth-order valence-electron chi connectivity index (χ4n) is 1.96. The number of sulfonamides is 1. The van der Waals surface area contributed by atoms with Gasteiger partial charge in [0.25, 0.3) is 0 Å². The van der Waals surface area contributed by atoms with Crippen LogP contribution in [0.5, 0.6) is 0 Å². The standard InChI is InChI=1S/C14H19N3O2S2/c1-3-11-5-4-8-16-13(11)10-17-21(18,19)14-7-6-12(20-14)9-15-2/h4-8,15,17H,3,9-10H2,1-2H3. The lowest BCUT2D eigenvalue weighted by atomic mass is 10.1. The minimum absolute atomic E-state index is 0.214. The summed E-state index contributed by atoms with van der Waals surface area (Å²) in [5, 5.41) is 3.01. The molecule has 7 heteroatoms. The van der Waals surface area contributed by atoms with E-state index < -0.39 is 10.0 Å². The second-order valence-corrected chi connectivity index (χ2v) is 7.70. The maximum atomic E-state index is 12.3. The number of nitrogens with zero attached hydrogens (tertiary/aromatic N) is 1. The minimum atomic E-state index is -3.48. The number of rotatable bonds is 7. The molecule has 0 bridgehead atoms. The normalized spacial score (nSPS) is 11.7. The van der Waals surface area contributed by atoms with Gasteiger partial charge in [-0.25, -0.2) is 13.1 Å². The number of aromatic nitrogens is 1. The Hall–Kier alpha value is -1.28. The molecule has 0 fully saturated rings. The van der Waals surface area contributed by atoms with Gasteiger partial charge in [0.15, 0.2) is 0 Å². The van der Waals surface area contributed by atoms with Gasteiger partial charge >= 0.3 is 0 Å². The van der Waals surface area contributed by atoms with Crippen molar-refractivity contribution in [1.29, 1.82) is 0 Å². The third-order valence-electron chi connectivity index (χ3n) is 3.05. The molecule has 2 N–H and O–H groups in total. The number of hydrogen-bond acceptors (Lipinski definition) is 5. The van der Waals surface area contributed by atoms with Crippen molar-refractivity contribution in [2.45, 2.75) is 30.6 Å². The third-order valence-corrected chi connectivity index (χ3v) is 6.03. The molecule has 2 aromatic heterocycles. The van der Waals surface area contributed by atoms with Gasteiger partial charge in [-0.1, -0.05) is 13.0 Å². The summed E-state index contributed by atoms with van der Waals surface area (Å²) >= 11 is 1.28. The Morgan fingerprint density at radius 2 is 2.05 bits per heavy atom. The maximum absolute atomic E-state index is 12.3. The summed E-state index contributed by atoms with van der Waals surface area (Å²) < 4.78 is 27.5. The fraction of sp³-hybridized carbons (Fsp3) is 0.357. The van der Waals surface area contributed by atoms with Gasteiger partial charge in [0.2, 0.25) is 10.0 Å². The molecule has 0 amide bonds. The predicted octanol–water partition coefficient (Wildman–Crippen LogP) is 1.90. The molecule has 0 aliphatic carbocycles. The van der Waals surface area contributed by atoms with Gasteiger partial charge in [0.05, 0.1) is 12.2 Å². The zero-order chi connectivity index (χ0) is 15.3. The Kier molecular flexibility index (Phi) is 5.46. The van der Waals surface area contributed by atoms with Crippen LogP contribution in [0.2, 0.25) is 0 Å². The van der Waals surface area contributed by atoms with Gasteiger partial charge in [-0.05, 0) is 37.2 Å². The highest BCUT2D eigenvalue weighted by Crippen LogP contribution is 2.21. The average molecular weight is 325 g/mol. The molecule has 0 aromatic carbocycles. The van der Waals surface area contributed by atoms with Crippen LogP contribution in [0, 0.1) is 0 Å². The molecule has 0 aliphatic rings. The van der Waals surface area contributed by atoms with Crippen molar-refractivity contribution in [3.8, 4) is 0 Å². The maximum Gasteiger partial charge on any atom is 0.250 e. The first-order chi connectivity index (χ1) is 10.1. The van der Waals surface area contributed by atoms with E-state index >= 15 is 0 Å². The zero-order valence-corrected chi connectivity index (χ0v) is 13.7. The van der Waals surface area contributed by atoms with Crippen molar-refractivity contribution in [2.24, 2.45) is 0 Å². The smallest absolute Gasteiger partial charge is 0.250 e. The molecular formula is C14H19N3O2S2. The number of nitrogens with one attached hydrogen (secondary N) is 2. The van der Waals surface area contributed by atoms with E-state index in [2.05, 4.69) is 15.0 Å². The van der Waals surface area contributed by atoms with Crippen LogP contribution >= 0.6 is 11.3 Å². The highest BCUT2D eigenvalue weighted by molar-refractivity contribution is 7.91. The molecule has 2 aromatic rings. The number of thiophene rings is 1. The number of hydrogen-bond donors (Lipinski definition) is 2.